The van der Waals surface area contributed by atoms with Crippen LogP contribution in [0.5, 0.6) is 5.75 Å². The number of benzene rings is 1. The smallest absolute Gasteiger partial charge is 0.272 e. The van der Waals surface area contributed by atoms with Crippen LogP contribution in [0.15, 0.2) is 18.2 Å². The van der Waals surface area contributed by atoms with Crippen LogP contribution >= 0.6 is 0 Å². The molecule has 6 nitrogen and oxygen atoms in total. The van der Waals surface area contributed by atoms with Crippen molar-refractivity contribution in [2.75, 3.05) is 26.7 Å². The first-order valence-corrected chi connectivity index (χ1v) is 7.80. The van der Waals surface area contributed by atoms with Gasteiger partial charge < -0.3 is 15.0 Å². The van der Waals surface area contributed by atoms with Crippen LogP contribution in [-0.4, -0.2) is 53.8 Å². The van der Waals surface area contributed by atoms with E-state index >= 15 is 0 Å². The van der Waals surface area contributed by atoms with Gasteiger partial charge in [0, 0.05) is 24.0 Å². The SMILES string of the molecule is COc1ccc2c(C(=O)N[C@@H]3CN4CCC3CC4)n[nH]c2c1. The second-order valence-corrected chi connectivity index (χ2v) is 6.20. The van der Waals surface area contributed by atoms with Crippen molar-refractivity contribution in [2.24, 2.45) is 5.92 Å². The maximum atomic E-state index is 12.6. The van der Waals surface area contributed by atoms with Crippen LogP contribution in [0.4, 0.5) is 0 Å². The van der Waals surface area contributed by atoms with E-state index in [1.807, 2.05) is 18.2 Å². The Morgan fingerprint density at radius 3 is 2.91 bits per heavy atom. The molecule has 0 saturated carbocycles. The zero-order chi connectivity index (χ0) is 15.1. The fourth-order valence-corrected chi connectivity index (χ4v) is 3.66. The summed E-state index contributed by atoms with van der Waals surface area (Å²) in [6, 6.07) is 5.83. The monoisotopic (exact) mass is 300 g/mol. The minimum absolute atomic E-state index is 0.0878. The van der Waals surface area contributed by atoms with Gasteiger partial charge in [-0.2, -0.15) is 5.10 Å². The Morgan fingerprint density at radius 1 is 1.41 bits per heavy atom. The van der Waals surface area contributed by atoms with Crippen LogP contribution in [0.1, 0.15) is 23.3 Å². The molecule has 5 rings (SSSR count). The fourth-order valence-electron chi connectivity index (χ4n) is 3.66. The lowest BCUT2D eigenvalue weighted by Crippen LogP contribution is -2.57. The van der Waals surface area contributed by atoms with Gasteiger partial charge in [-0.3, -0.25) is 9.89 Å². The predicted molar refractivity (Wildman–Crippen MR) is 83.1 cm³/mol. The summed E-state index contributed by atoms with van der Waals surface area (Å²) in [5.74, 6) is 1.27. The van der Waals surface area contributed by atoms with Crippen LogP contribution in [0.25, 0.3) is 10.9 Å². The number of fused-ring (bicyclic) bond motifs is 4. The Morgan fingerprint density at radius 2 is 2.23 bits per heavy atom. The Balaban J connectivity index is 1.55. The number of carbonyl (C=O) groups is 1. The number of hydrogen-bond donors (Lipinski definition) is 2. The largest absolute Gasteiger partial charge is 0.497 e. The van der Waals surface area contributed by atoms with E-state index in [9.17, 15) is 4.79 Å². The van der Waals surface area contributed by atoms with Gasteiger partial charge in [0.2, 0.25) is 0 Å². The fraction of sp³-hybridized carbons (Fsp3) is 0.500. The molecule has 3 saturated heterocycles. The van der Waals surface area contributed by atoms with Crippen molar-refractivity contribution in [3.8, 4) is 5.75 Å². The Labute approximate surface area is 128 Å². The van der Waals surface area contributed by atoms with E-state index in [1.54, 1.807) is 7.11 Å². The molecular formula is C16H20N4O2. The predicted octanol–water partition coefficient (Wildman–Crippen LogP) is 1.40. The normalized spacial score (nSPS) is 27.0. The topological polar surface area (TPSA) is 70.2 Å². The summed E-state index contributed by atoms with van der Waals surface area (Å²) in [5, 5.41) is 11.1. The molecule has 0 unspecified atom stereocenters. The molecule has 2 aromatic rings. The molecule has 3 fully saturated rings. The van der Waals surface area contributed by atoms with Crippen molar-refractivity contribution in [1.29, 1.82) is 0 Å². The molecule has 22 heavy (non-hydrogen) atoms. The quantitative estimate of drug-likeness (QED) is 0.899. The highest BCUT2D eigenvalue weighted by molar-refractivity contribution is 6.05. The number of nitrogens with one attached hydrogen (secondary N) is 2. The first kappa shape index (κ1) is 13.6. The van der Waals surface area contributed by atoms with Gasteiger partial charge in [0.05, 0.1) is 12.6 Å². The van der Waals surface area contributed by atoms with Gasteiger partial charge in [0.25, 0.3) is 5.91 Å². The maximum Gasteiger partial charge on any atom is 0.272 e. The zero-order valence-electron chi connectivity index (χ0n) is 12.6. The highest BCUT2D eigenvalue weighted by Gasteiger charge is 2.35. The highest BCUT2D eigenvalue weighted by atomic mass is 16.5. The number of carbonyl (C=O) groups excluding carboxylic acids is 1. The highest BCUT2D eigenvalue weighted by Crippen LogP contribution is 2.28. The lowest BCUT2D eigenvalue weighted by Gasteiger charge is -2.44. The van der Waals surface area contributed by atoms with Crippen molar-refractivity contribution >= 4 is 16.8 Å². The van der Waals surface area contributed by atoms with Crippen molar-refractivity contribution in [3.63, 3.8) is 0 Å². The minimum atomic E-state index is -0.0878. The number of ether oxygens (including phenoxy) is 1. The summed E-state index contributed by atoms with van der Waals surface area (Å²) in [7, 11) is 1.62. The summed E-state index contributed by atoms with van der Waals surface area (Å²) in [4.78, 5) is 15.0. The number of hydrogen-bond acceptors (Lipinski definition) is 4. The molecular weight excluding hydrogens is 280 g/mol. The Kier molecular flexibility index (Phi) is 3.26. The van der Waals surface area contributed by atoms with Gasteiger partial charge >= 0.3 is 0 Å². The summed E-state index contributed by atoms with van der Waals surface area (Å²) in [6.07, 6.45) is 2.37. The number of nitrogens with zero attached hydrogens (tertiary/aromatic N) is 2. The van der Waals surface area contributed by atoms with E-state index in [4.69, 9.17) is 4.74 Å². The van der Waals surface area contributed by atoms with Crippen molar-refractivity contribution in [2.45, 2.75) is 18.9 Å². The third kappa shape index (κ3) is 2.23. The molecule has 2 N–H and O–H groups in total. The number of amides is 1. The molecule has 3 aliphatic rings. The molecule has 116 valence electrons. The second-order valence-electron chi connectivity index (χ2n) is 6.20. The lowest BCUT2D eigenvalue weighted by atomic mass is 9.84. The van der Waals surface area contributed by atoms with Gasteiger partial charge in [-0.05, 0) is 44.0 Å². The molecule has 1 amide bonds. The van der Waals surface area contributed by atoms with Crippen LogP contribution in [0.3, 0.4) is 0 Å². The Hall–Kier alpha value is -2.08. The molecule has 3 aliphatic heterocycles. The van der Waals surface area contributed by atoms with Crippen molar-refractivity contribution in [1.82, 2.24) is 20.4 Å². The van der Waals surface area contributed by atoms with E-state index in [2.05, 4.69) is 20.4 Å². The minimum Gasteiger partial charge on any atom is -0.497 e. The first-order valence-electron chi connectivity index (χ1n) is 7.80. The average Bonchev–Trinajstić information content (AvgIpc) is 2.99. The standard InChI is InChI=1S/C16H20N4O2/c1-22-11-2-3-12-13(8-11)18-19-15(12)16(21)17-14-9-20-6-4-10(14)5-7-20/h2-3,8,10,14H,4-7,9H2,1H3,(H,17,21)(H,18,19)/t14-/m1/s1. The van der Waals surface area contributed by atoms with E-state index < -0.39 is 0 Å². The molecule has 0 spiro atoms. The van der Waals surface area contributed by atoms with Gasteiger partial charge in [-0.1, -0.05) is 0 Å². The van der Waals surface area contributed by atoms with Crippen LogP contribution in [0.2, 0.25) is 0 Å². The summed E-state index contributed by atoms with van der Waals surface area (Å²) < 4.78 is 5.19. The van der Waals surface area contributed by atoms with Crippen molar-refractivity contribution in [3.05, 3.63) is 23.9 Å². The van der Waals surface area contributed by atoms with Gasteiger partial charge in [-0.15, -0.1) is 0 Å². The number of methoxy groups -OCH3 is 1. The van der Waals surface area contributed by atoms with E-state index in [-0.39, 0.29) is 11.9 Å². The number of aromatic nitrogens is 2. The molecule has 4 heterocycles. The zero-order valence-corrected chi connectivity index (χ0v) is 12.6. The molecule has 6 heteroatoms. The van der Waals surface area contributed by atoms with Crippen molar-refractivity contribution < 1.29 is 9.53 Å². The number of rotatable bonds is 3. The molecule has 2 bridgehead atoms. The summed E-state index contributed by atoms with van der Waals surface area (Å²) >= 11 is 0. The molecule has 0 radical (unpaired) electrons. The van der Waals surface area contributed by atoms with E-state index in [0.29, 0.717) is 11.6 Å². The van der Waals surface area contributed by atoms with Gasteiger partial charge in [0.15, 0.2) is 5.69 Å². The molecule has 0 aliphatic carbocycles. The van der Waals surface area contributed by atoms with Crippen LogP contribution < -0.4 is 10.1 Å². The maximum absolute atomic E-state index is 12.6. The van der Waals surface area contributed by atoms with Gasteiger partial charge in [0.1, 0.15) is 5.75 Å². The lowest BCUT2D eigenvalue weighted by molar-refractivity contribution is 0.0618. The third-order valence-corrected chi connectivity index (χ3v) is 4.96. The van der Waals surface area contributed by atoms with E-state index in [0.717, 1.165) is 23.2 Å². The third-order valence-electron chi connectivity index (χ3n) is 4.96. The molecule has 1 aromatic carbocycles. The van der Waals surface area contributed by atoms with Crippen LogP contribution in [0, 0.1) is 5.92 Å². The molecule has 1 aromatic heterocycles. The number of piperidine rings is 3. The Bertz CT molecular complexity index is 703. The summed E-state index contributed by atoms with van der Waals surface area (Å²) in [5.41, 5.74) is 1.28. The first-order chi connectivity index (χ1) is 10.7. The average molecular weight is 300 g/mol. The second kappa shape index (κ2) is 5.28. The number of aromatic amines is 1. The van der Waals surface area contributed by atoms with E-state index in [1.165, 1.54) is 25.9 Å². The molecule has 1 atom stereocenters. The van der Waals surface area contributed by atoms with Gasteiger partial charge in [-0.25, -0.2) is 0 Å². The summed E-state index contributed by atoms with van der Waals surface area (Å²) in [6.45, 7) is 3.30. The van der Waals surface area contributed by atoms with Crippen LogP contribution in [-0.2, 0) is 0 Å². The number of H-pyrrole nitrogens is 1.